The van der Waals surface area contributed by atoms with Crippen molar-refractivity contribution in [1.29, 1.82) is 0 Å². The maximum Gasteiger partial charge on any atom is 0.324 e. The van der Waals surface area contributed by atoms with Crippen molar-refractivity contribution in [3.63, 3.8) is 0 Å². The summed E-state index contributed by atoms with van der Waals surface area (Å²) in [5, 5.41) is 15.6. The fourth-order valence-corrected chi connectivity index (χ4v) is 3.85. The molecule has 2 aromatic carbocycles. The SMILES string of the molecule is CC(C)c1cc(NC(=O)Nc2ccc(-c3cncc4c3cnn4C)cc2)n(-c2ccc(F)cc2)n1. The summed E-state index contributed by atoms with van der Waals surface area (Å²) in [5.41, 5.74) is 4.98. The van der Waals surface area contributed by atoms with Gasteiger partial charge in [0.25, 0.3) is 0 Å². The van der Waals surface area contributed by atoms with Gasteiger partial charge in [-0.3, -0.25) is 15.0 Å². The van der Waals surface area contributed by atoms with E-state index in [0.717, 1.165) is 27.7 Å². The zero-order valence-electron chi connectivity index (χ0n) is 19.5. The number of urea groups is 1. The lowest BCUT2D eigenvalue weighted by Crippen LogP contribution is -2.21. The van der Waals surface area contributed by atoms with Crippen molar-refractivity contribution >= 4 is 28.4 Å². The van der Waals surface area contributed by atoms with E-state index >= 15 is 0 Å². The molecule has 0 saturated carbocycles. The Bertz CT molecular complexity index is 1500. The van der Waals surface area contributed by atoms with Crippen molar-refractivity contribution in [2.45, 2.75) is 19.8 Å². The number of fused-ring (bicyclic) bond motifs is 1. The largest absolute Gasteiger partial charge is 0.324 e. The lowest BCUT2D eigenvalue weighted by Gasteiger charge is -2.11. The van der Waals surface area contributed by atoms with Gasteiger partial charge in [0.1, 0.15) is 11.6 Å². The van der Waals surface area contributed by atoms with Gasteiger partial charge in [0.15, 0.2) is 0 Å². The van der Waals surface area contributed by atoms with Gasteiger partial charge in [0.2, 0.25) is 0 Å². The number of nitrogens with zero attached hydrogens (tertiary/aromatic N) is 5. The summed E-state index contributed by atoms with van der Waals surface area (Å²) >= 11 is 0. The molecule has 2 amide bonds. The number of hydrogen-bond acceptors (Lipinski definition) is 4. The van der Waals surface area contributed by atoms with Crippen LogP contribution in [0, 0.1) is 5.82 Å². The molecule has 3 aromatic heterocycles. The molecule has 0 atom stereocenters. The molecule has 2 N–H and O–H groups in total. The molecule has 0 radical (unpaired) electrons. The number of pyridine rings is 1. The summed E-state index contributed by atoms with van der Waals surface area (Å²) in [6.07, 6.45) is 5.41. The average Bonchev–Trinajstić information content (AvgIpc) is 3.44. The van der Waals surface area contributed by atoms with Gasteiger partial charge >= 0.3 is 6.03 Å². The van der Waals surface area contributed by atoms with Crippen LogP contribution in [0.2, 0.25) is 0 Å². The second kappa shape index (κ2) is 9.02. The lowest BCUT2D eigenvalue weighted by atomic mass is 10.0. The van der Waals surface area contributed by atoms with E-state index in [-0.39, 0.29) is 11.7 Å². The number of hydrogen-bond donors (Lipinski definition) is 2. The van der Waals surface area contributed by atoms with Crippen molar-refractivity contribution in [3.05, 3.63) is 84.7 Å². The third kappa shape index (κ3) is 4.48. The molecule has 8 nitrogen and oxygen atoms in total. The highest BCUT2D eigenvalue weighted by molar-refractivity contribution is 6.00. The molecule has 0 aliphatic heterocycles. The van der Waals surface area contributed by atoms with Gasteiger partial charge < -0.3 is 5.32 Å². The summed E-state index contributed by atoms with van der Waals surface area (Å²) in [6, 6.07) is 14.9. The minimum atomic E-state index is -0.410. The first-order valence-corrected chi connectivity index (χ1v) is 11.2. The molecule has 0 aliphatic rings. The summed E-state index contributed by atoms with van der Waals surface area (Å²) in [7, 11) is 1.88. The van der Waals surface area contributed by atoms with Crippen LogP contribution in [0.5, 0.6) is 0 Å². The van der Waals surface area contributed by atoms with Crippen molar-refractivity contribution in [3.8, 4) is 16.8 Å². The lowest BCUT2D eigenvalue weighted by molar-refractivity contribution is 0.262. The van der Waals surface area contributed by atoms with Gasteiger partial charge in [-0.2, -0.15) is 10.2 Å². The number of amides is 2. The number of carbonyl (C=O) groups is 1. The van der Waals surface area contributed by atoms with E-state index in [4.69, 9.17) is 0 Å². The van der Waals surface area contributed by atoms with E-state index in [0.29, 0.717) is 17.2 Å². The van der Waals surface area contributed by atoms with Gasteiger partial charge in [-0.1, -0.05) is 26.0 Å². The first-order chi connectivity index (χ1) is 16.9. The summed E-state index contributed by atoms with van der Waals surface area (Å²) in [5.74, 6) is 0.312. The van der Waals surface area contributed by atoms with Gasteiger partial charge in [-0.15, -0.1) is 0 Å². The molecule has 0 fully saturated rings. The predicted molar refractivity (Wildman–Crippen MR) is 134 cm³/mol. The number of halogens is 1. The van der Waals surface area contributed by atoms with Crippen molar-refractivity contribution in [2.24, 2.45) is 7.05 Å². The second-order valence-corrected chi connectivity index (χ2v) is 8.54. The Morgan fingerprint density at radius 1 is 0.971 bits per heavy atom. The van der Waals surface area contributed by atoms with Crippen LogP contribution in [0.15, 0.2) is 73.2 Å². The molecule has 9 heteroatoms. The second-order valence-electron chi connectivity index (χ2n) is 8.54. The first-order valence-electron chi connectivity index (χ1n) is 11.2. The quantitative estimate of drug-likeness (QED) is 0.344. The highest BCUT2D eigenvalue weighted by atomic mass is 19.1. The van der Waals surface area contributed by atoms with Crippen LogP contribution >= 0.6 is 0 Å². The first kappa shape index (κ1) is 22.3. The van der Waals surface area contributed by atoms with Gasteiger partial charge in [0.05, 0.1) is 29.3 Å². The van der Waals surface area contributed by atoms with E-state index in [2.05, 4.69) is 25.8 Å². The van der Waals surface area contributed by atoms with Crippen LogP contribution < -0.4 is 10.6 Å². The standard InChI is InChI=1S/C26H24FN7O/c1-16(2)23-12-25(34(32-23)20-10-6-18(27)7-11-20)31-26(35)30-19-8-4-17(5-9-19)21-13-28-15-24-22(21)14-29-33(24)3/h4-16H,1-3H3,(H2,30,31,35). The number of carbonyl (C=O) groups excluding carboxylic acids is 1. The number of aryl methyl sites for hydroxylation is 1. The molecule has 5 rings (SSSR count). The Morgan fingerprint density at radius 2 is 1.71 bits per heavy atom. The fraction of sp³-hybridized carbons (Fsp3) is 0.154. The van der Waals surface area contributed by atoms with E-state index in [1.54, 1.807) is 27.7 Å². The fourth-order valence-electron chi connectivity index (χ4n) is 3.85. The zero-order chi connectivity index (χ0) is 24.5. The molecule has 0 aliphatic carbocycles. The Kier molecular flexibility index (Phi) is 5.74. The van der Waals surface area contributed by atoms with E-state index in [9.17, 15) is 9.18 Å². The van der Waals surface area contributed by atoms with Crippen LogP contribution in [0.25, 0.3) is 27.7 Å². The minimum Gasteiger partial charge on any atom is -0.308 e. The Balaban J connectivity index is 1.35. The summed E-state index contributed by atoms with van der Waals surface area (Å²) in [6.45, 7) is 4.04. The van der Waals surface area contributed by atoms with Gasteiger partial charge in [-0.25, -0.2) is 13.9 Å². The van der Waals surface area contributed by atoms with Crippen molar-refractivity contribution in [2.75, 3.05) is 10.6 Å². The van der Waals surface area contributed by atoms with Gasteiger partial charge in [0, 0.05) is 35.9 Å². The molecule has 0 saturated heterocycles. The highest BCUT2D eigenvalue weighted by Crippen LogP contribution is 2.28. The maximum absolute atomic E-state index is 13.4. The van der Waals surface area contributed by atoms with Crippen LogP contribution in [-0.4, -0.2) is 30.6 Å². The number of aromatic nitrogens is 5. The summed E-state index contributed by atoms with van der Waals surface area (Å²) in [4.78, 5) is 17.1. The molecule has 3 heterocycles. The molecule has 35 heavy (non-hydrogen) atoms. The molecular formula is C26H24FN7O. The van der Waals surface area contributed by atoms with Crippen molar-refractivity contribution in [1.82, 2.24) is 24.5 Å². The number of anilines is 2. The molecule has 0 bridgehead atoms. The van der Waals surface area contributed by atoms with Crippen molar-refractivity contribution < 1.29 is 9.18 Å². The molecular weight excluding hydrogens is 445 g/mol. The summed E-state index contributed by atoms with van der Waals surface area (Å²) < 4.78 is 16.8. The van der Waals surface area contributed by atoms with Crippen LogP contribution in [0.3, 0.4) is 0 Å². The Labute approximate surface area is 201 Å². The monoisotopic (exact) mass is 469 g/mol. The third-order valence-electron chi connectivity index (χ3n) is 5.76. The number of rotatable bonds is 5. The number of nitrogens with one attached hydrogen (secondary N) is 2. The zero-order valence-corrected chi connectivity index (χ0v) is 19.5. The van der Waals surface area contributed by atoms with E-state index in [1.165, 1.54) is 12.1 Å². The molecule has 176 valence electrons. The Hall–Kier alpha value is -4.53. The maximum atomic E-state index is 13.4. The van der Waals surface area contributed by atoms with Crippen LogP contribution in [-0.2, 0) is 7.05 Å². The predicted octanol–water partition coefficient (Wildman–Crippen LogP) is 5.73. The smallest absolute Gasteiger partial charge is 0.308 e. The van der Waals surface area contributed by atoms with E-state index < -0.39 is 6.03 Å². The molecule has 5 aromatic rings. The minimum absolute atomic E-state index is 0.159. The topological polar surface area (TPSA) is 89.7 Å². The third-order valence-corrected chi connectivity index (χ3v) is 5.76. The Morgan fingerprint density at radius 3 is 2.43 bits per heavy atom. The molecule has 0 spiro atoms. The molecule has 0 unspecified atom stereocenters. The number of benzene rings is 2. The highest BCUT2D eigenvalue weighted by Gasteiger charge is 2.15. The van der Waals surface area contributed by atoms with Crippen LogP contribution in [0.4, 0.5) is 20.7 Å². The average molecular weight is 470 g/mol. The normalized spacial score (nSPS) is 11.2. The van der Waals surface area contributed by atoms with Crippen LogP contribution in [0.1, 0.15) is 25.5 Å². The van der Waals surface area contributed by atoms with Gasteiger partial charge in [-0.05, 0) is 47.9 Å². The van der Waals surface area contributed by atoms with E-state index in [1.807, 2.05) is 63.6 Å².